The summed E-state index contributed by atoms with van der Waals surface area (Å²) in [6.07, 6.45) is 0. The summed E-state index contributed by atoms with van der Waals surface area (Å²) in [6.45, 7) is 0. The molecule has 9 aromatic rings. The molecule has 0 radical (unpaired) electrons. The molecule has 0 aromatic heterocycles. The molecule has 0 unspecified atom stereocenters. The van der Waals surface area contributed by atoms with Gasteiger partial charge in [-0.25, -0.2) is 0 Å². The first-order valence-corrected chi connectivity index (χ1v) is 14.1. The Labute approximate surface area is 301 Å². The molecule has 0 heteroatoms. The highest BCUT2D eigenvalue weighted by Crippen LogP contribution is 2.45. The van der Waals surface area contributed by atoms with Crippen LogP contribution in [0.15, 0.2) is 181 Å². The number of hydrogen-bond donors (Lipinski definition) is 0. The molecule has 0 aliphatic rings. The third kappa shape index (κ3) is 4.38. The maximum absolute atomic E-state index is 9.97. The second kappa shape index (κ2) is 10.9. The first kappa shape index (κ1) is 12.1. The Bertz CT molecular complexity index is 3810. The average Bonchev–Trinajstić information content (AvgIpc) is 3.33. The summed E-state index contributed by atoms with van der Waals surface area (Å²) in [5.41, 5.74) is -4.22. The fraction of sp³-hybridized carbons (Fsp3) is 0. The van der Waals surface area contributed by atoms with Crippen molar-refractivity contribution in [1.82, 2.24) is 0 Å². The van der Waals surface area contributed by atoms with Gasteiger partial charge in [-0.3, -0.25) is 0 Å². The number of benzene rings is 9. The number of hydrogen-bond acceptors (Lipinski definition) is 0. The Morgan fingerprint density at radius 1 is 0.304 bits per heavy atom. The minimum absolute atomic E-state index is 0.170. The van der Waals surface area contributed by atoms with Gasteiger partial charge in [0.05, 0.1) is 31.5 Å². The Morgan fingerprint density at radius 3 is 1.74 bits per heavy atom. The largest absolute Gasteiger partial charge is 0.0636 e. The summed E-state index contributed by atoms with van der Waals surface area (Å²) in [5, 5.41) is -2.67. The predicted molar refractivity (Wildman–Crippen MR) is 198 cm³/mol. The lowest BCUT2D eigenvalue weighted by Gasteiger charge is -2.19. The highest BCUT2D eigenvalue weighted by molar-refractivity contribution is 6.22. The number of rotatable bonds is 4. The molecule has 214 valence electrons. The van der Waals surface area contributed by atoms with Crippen molar-refractivity contribution in [3.05, 3.63) is 181 Å². The van der Waals surface area contributed by atoms with Crippen LogP contribution in [0, 0.1) is 0 Å². The molecule has 9 aromatic carbocycles. The van der Waals surface area contributed by atoms with Gasteiger partial charge in [-0.15, -0.1) is 0 Å². The quantitative estimate of drug-likeness (QED) is 0.175. The molecule has 0 N–H and O–H groups in total. The van der Waals surface area contributed by atoms with E-state index in [4.69, 9.17) is 16.4 Å². The van der Waals surface area contributed by atoms with E-state index in [1.54, 1.807) is 42.5 Å². The lowest BCUT2D eigenvalue weighted by molar-refractivity contribution is 1.62. The van der Waals surface area contributed by atoms with Gasteiger partial charge in [-0.05, 0) is 99.7 Å². The van der Waals surface area contributed by atoms with Crippen molar-refractivity contribution in [3.8, 4) is 44.5 Å². The zero-order chi connectivity index (χ0) is 50.5. The molecule has 0 bridgehead atoms. The monoisotopic (exact) mass is 605 g/mol. The normalized spacial score (nSPS) is 18.5. The van der Waals surface area contributed by atoms with E-state index in [1.807, 2.05) is 0 Å². The number of fused-ring (bicyclic) bond motifs is 4. The molecular formula is C46H30. The van der Waals surface area contributed by atoms with E-state index in [9.17, 15) is 15.1 Å². The summed E-state index contributed by atoms with van der Waals surface area (Å²) in [7, 11) is 0. The van der Waals surface area contributed by atoms with Crippen molar-refractivity contribution in [1.29, 1.82) is 0 Å². The third-order valence-corrected chi connectivity index (χ3v) is 7.68. The van der Waals surface area contributed by atoms with Gasteiger partial charge in [0.25, 0.3) is 0 Å². The predicted octanol–water partition coefficient (Wildman–Crippen LogP) is 13.0. The molecule has 0 nitrogen and oxygen atoms in total. The van der Waals surface area contributed by atoms with Crippen molar-refractivity contribution in [2.45, 2.75) is 0 Å². The highest BCUT2D eigenvalue weighted by atomic mass is 14.2. The minimum Gasteiger partial charge on any atom is -0.0622 e. The lowest BCUT2D eigenvalue weighted by atomic mass is 9.84. The first-order valence-electron chi connectivity index (χ1n) is 25.6. The fourth-order valence-corrected chi connectivity index (χ4v) is 5.64. The highest BCUT2D eigenvalue weighted by Gasteiger charge is 2.18. The molecular weight excluding hydrogens is 553 g/mol. The summed E-state index contributed by atoms with van der Waals surface area (Å²) in [6, 6.07) is -8.12. The zero-order valence-corrected chi connectivity index (χ0v) is 23.5. The molecule has 0 aliphatic heterocycles. The smallest absolute Gasteiger partial charge is 0.0622 e. The van der Waals surface area contributed by atoms with Crippen molar-refractivity contribution in [3.63, 3.8) is 0 Å². The summed E-state index contributed by atoms with van der Waals surface area (Å²) < 4.78 is 209. The molecule has 0 heterocycles. The molecule has 0 aliphatic carbocycles. The van der Waals surface area contributed by atoms with Gasteiger partial charge in [0.2, 0.25) is 0 Å². The first-order chi connectivity index (χ1) is 32.4. The second-order valence-electron chi connectivity index (χ2n) is 10.3. The maximum atomic E-state index is 9.97. The molecule has 0 saturated carbocycles. The van der Waals surface area contributed by atoms with Crippen molar-refractivity contribution in [2.75, 3.05) is 0 Å². The van der Waals surface area contributed by atoms with Crippen molar-refractivity contribution < 1.29 is 31.5 Å². The topological polar surface area (TPSA) is 0 Å². The van der Waals surface area contributed by atoms with E-state index in [1.165, 1.54) is 0 Å². The van der Waals surface area contributed by atoms with E-state index < -0.39 is 205 Å². The van der Waals surface area contributed by atoms with Gasteiger partial charge in [0.1, 0.15) is 0 Å². The molecule has 0 spiro atoms. The van der Waals surface area contributed by atoms with Crippen LogP contribution in [0.25, 0.3) is 87.6 Å². The summed E-state index contributed by atoms with van der Waals surface area (Å²) in [5.74, 6) is 0. The standard InChI is InChI=1S/C46H30/c1-2-11-31(12-3-1)37-27-28-43-44(30-37)46(38-26-21-32-13-4-5-15-36(32)29-38)42-19-9-8-18-41(42)45(43)35-24-22-34(23-25-35)40-20-10-16-33-14-6-7-17-39(33)40/h1-30H/i1D,2D,3D,4D,5D,8D,9D,11D,12D,13D,15D,18D,19D,21D,22D,23D,24D,25D,26D,27D,28D,29D,30D. The molecule has 0 saturated heterocycles. The Balaban J connectivity index is 1.63. The SMILES string of the molecule is [2H]c1c([2H])c([2H])c(-c2c([2H])c([2H])c3c(-c4c([2H])c([2H])c(-c5cccc6ccccc56)c([2H])c4[2H])c4c([2H])c([2H])c([2H])c([2H])c4c(-c4c([2H])c([2H])c5c([2H])c([2H])c([2H])c([2H])c5c4[2H])c3c2[2H])c([2H])c1[2H]. The fourth-order valence-electron chi connectivity index (χ4n) is 5.64. The summed E-state index contributed by atoms with van der Waals surface area (Å²) in [4.78, 5) is 0. The van der Waals surface area contributed by atoms with Crippen molar-refractivity contribution in [2.24, 2.45) is 0 Å². The van der Waals surface area contributed by atoms with E-state index >= 15 is 0 Å². The van der Waals surface area contributed by atoms with Crippen LogP contribution < -0.4 is 0 Å². The Kier molecular flexibility index (Phi) is 2.86. The molecule has 0 fully saturated rings. The van der Waals surface area contributed by atoms with Crippen LogP contribution in [0.2, 0.25) is 0 Å². The molecule has 0 atom stereocenters. The van der Waals surface area contributed by atoms with E-state index in [0.717, 1.165) is 0 Å². The lowest BCUT2D eigenvalue weighted by Crippen LogP contribution is -1.92. The van der Waals surface area contributed by atoms with Gasteiger partial charge >= 0.3 is 0 Å². The van der Waals surface area contributed by atoms with Crippen LogP contribution in [0.4, 0.5) is 0 Å². The van der Waals surface area contributed by atoms with Crippen LogP contribution in [-0.2, 0) is 0 Å². The van der Waals surface area contributed by atoms with Gasteiger partial charge in [-0.1, -0.05) is 169 Å². The van der Waals surface area contributed by atoms with Gasteiger partial charge in [0.15, 0.2) is 0 Å². The van der Waals surface area contributed by atoms with Crippen LogP contribution in [-0.4, -0.2) is 0 Å². The summed E-state index contributed by atoms with van der Waals surface area (Å²) >= 11 is 0. The van der Waals surface area contributed by atoms with Crippen LogP contribution >= 0.6 is 0 Å². The average molecular weight is 606 g/mol. The Hall–Kier alpha value is -5.98. The van der Waals surface area contributed by atoms with E-state index in [-0.39, 0.29) is 5.56 Å². The second-order valence-corrected chi connectivity index (χ2v) is 10.3. The molecule has 0 amide bonds. The molecule has 9 rings (SSSR count). The van der Waals surface area contributed by atoms with Crippen LogP contribution in [0.1, 0.15) is 31.5 Å². The zero-order valence-electron chi connectivity index (χ0n) is 46.5. The van der Waals surface area contributed by atoms with Crippen LogP contribution in [0.3, 0.4) is 0 Å². The van der Waals surface area contributed by atoms with Crippen LogP contribution in [0.5, 0.6) is 0 Å². The van der Waals surface area contributed by atoms with Gasteiger partial charge < -0.3 is 0 Å². The van der Waals surface area contributed by atoms with Gasteiger partial charge in [-0.2, -0.15) is 0 Å². The van der Waals surface area contributed by atoms with E-state index in [0.29, 0.717) is 16.3 Å². The Morgan fingerprint density at radius 2 is 0.913 bits per heavy atom. The van der Waals surface area contributed by atoms with Gasteiger partial charge in [0, 0.05) is 0 Å². The minimum atomic E-state index is -0.993. The molecule has 46 heavy (non-hydrogen) atoms. The maximum Gasteiger partial charge on any atom is 0.0636 e. The van der Waals surface area contributed by atoms with E-state index in [2.05, 4.69) is 0 Å². The third-order valence-electron chi connectivity index (χ3n) is 7.68. The van der Waals surface area contributed by atoms with Crippen molar-refractivity contribution >= 4 is 43.1 Å².